The number of urea groups is 1. The van der Waals surface area contributed by atoms with E-state index in [4.69, 9.17) is 0 Å². The van der Waals surface area contributed by atoms with Gasteiger partial charge < -0.3 is 20.1 Å². The van der Waals surface area contributed by atoms with Crippen molar-refractivity contribution in [1.29, 1.82) is 0 Å². The number of rotatable bonds is 6. The molecule has 2 amide bonds. The summed E-state index contributed by atoms with van der Waals surface area (Å²) in [6.45, 7) is 1.07. The van der Waals surface area contributed by atoms with Gasteiger partial charge in [-0.15, -0.1) is 0 Å². The van der Waals surface area contributed by atoms with Gasteiger partial charge in [0.2, 0.25) is 0 Å². The molecule has 1 heterocycles. The summed E-state index contributed by atoms with van der Waals surface area (Å²) in [6.07, 6.45) is 2.56. The highest BCUT2D eigenvalue weighted by Crippen LogP contribution is 2.53. The van der Waals surface area contributed by atoms with Crippen LogP contribution in [0.2, 0.25) is 0 Å². The molecule has 142 valence electrons. The van der Waals surface area contributed by atoms with Crippen LogP contribution in [0.15, 0.2) is 30.3 Å². The van der Waals surface area contributed by atoms with Gasteiger partial charge >= 0.3 is 6.03 Å². The Hall–Kier alpha value is -2.18. The van der Waals surface area contributed by atoms with E-state index in [2.05, 4.69) is 5.32 Å². The first-order valence-corrected chi connectivity index (χ1v) is 8.97. The molecule has 5 nitrogen and oxygen atoms in total. The number of hydrogen-bond donors (Lipinski definition) is 1. The van der Waals surface area contributed by atoms with Gasteiger partial charge in [-0.05, 0) is 36.7 Å². The number of halogens is 2. The molecular formula is C19H23F2N2O3-. The van der Waals surface area contributed by atoms with Gasteiger partial charge in [0.25, 0.3) is 5.92 Å². The summed E-state index contributed by atoms with van der Waals surface area (Å²) < 4.78 is 28.5. The standard InChI is InChI=1S/C19H24F2N2O3/c20-19(21,12-14-4-2-1-3-5-14)13-15(16(24)25)22-17(26)23-10-8-18(6-7-18)9-11-23/h1-5,15H,6-13H2,(H,22,26)(H,24,25)/p-1/t15-/m0/s1. The van der Waals surface area contributed by atoms with Crippen molar-refractivity contribution in [2.24, 2.45) is 5.41 Å². The number of aliphatic carboxylic acids is 1. The molecule has 26 heavy (non-hydrogen) atoms. The Bertz CT molecular complexity index is 652. The number of alkyl halides is 2. The molecule has 1 aliphatic heterocycles. The van der Waals surface area contributed by atoms with Crippen molar-refractivity contribution in [3.05, 3.63) is 35.9 Å². The van der Waals surface area contributed by atoms with E-state index < -0.39 is 36.8 Å². The second-order valence-corrected chi connectivity index (χ2v) is 7.53. The summed E-state index contributed by atoms with van der Waals surface area (Å²) in [7, 11) is 0. The highest BCUT2D eigenvalue weighted by molar-refractivity contribution is 5.81. The number of benzene rings is 1. The van der Waals surface area contributed by atoms with Gasteiger partial charge in [-0.2, -0.15) is 0 Å². The average molecular weight is 365 g/mol. The summed E-state index contributed by atoms with van der Waals surface area (Å²) >= 11 is 0. The third-order valence-electron chi connectivity index (χ3n) is 5.46. The molecule has 1 atom stereocenters. The van der Waals surface area contributed by atoms with E-state index in [1.165, 1.54) is 17.7 Å². The molecule has 0 radical (unpaired) electrons. The first-order valence-electron chi connectivity index (χ1n) is 8.97. The van der Waals surface area contributed by atoms with E-state index in [0.29, 0.717) is 24.1 Å². The number of carboxylic acid groups (broad SMARTS) is 1. The van der Waals surface area contributed by atoms with Gasteiger partial charge in [-0.3, -0.25) is 0 Å². The Morgan fingerprint density at radius 2 is 1.77 bits per heavy atom. The lowest BCUT2D eigenvalue weighted by molar-refractivity contribution is -0.309. The summed E-state index contributed by atoms with van der Waals surface area (Å²) in [5.74, 6) is -4.96. The van der Waals surface area contributed by atoms with Crippen LogP contribution >= 0.6 is 0 Å². The van der Waals surface area contributed by atoms with Crippen LogP contribution in [-0.2, 0) is 11.2 Å². The molecule has 1 aliphatic carbocycles. The van der Waals surface area contributed by atoms with Crippen LogP contribution in [0.1, 0.15) is 37.7 Å². The fraction of sp³-hybridized carbons (Fsp3) is 0.579. The molecule has 1 N–H and O–H groups in total. The van der Waals surface area contributed by atoms with Crippen LogP contribution in [0.5, 0.6) is 0 Å². The number of piperidine rings is 1. The van der Waals surface area contributed by atoms with Gasteiger partial charge in [-0.25, -0.2) is 13.6 Å². The van der Waals surface area contributed by atoms with Crippen LogP contribution in [0.25, 0.3) is 0 Å². The molecule has 0 unspecified atom stereocenters. The zero-order chi connectivity index (χ0) is 18.8. The molecule has 0 bridgehead atoms. The zero-order valence-corrected chi connectivity index (χ0v) is 14.5. The van der Waals surface area contributed by atoms with Crippen molar-refractivity contribution >= 4 is 12.0 Å². The van der Waals surface area contributed by atoms with Crippen LogP contribution in [0, 0.1) is 5.41 Å². The van der Waals surface area contributed by atoms with E-state index >= 15 is 0 Å². The van der Waals surface area contributed by atoms with Crippen molar-refractivity contribution in [2.75, 3.05) is 13.1 Å². The van der Waals surface area contributed by atoms with Crippen molar-refractivity contribution in [3.8, 4) is 0 Å². The van der Waals surface area contributed by atoms with Crippen molar-refractivity contribution < 1.29 is 23.5 Å². The lowest BCUT2D eigenvalue weighted by atomic mass is 9.94. The maximum Gasteiger partial charge on any atom is 0.317 e. The fourth-order valence-corrected chi connectivity index (χ4v) is 3.56. The van der Waals surface area contributed by atoms with Crippen LogP contribution in [-0.4, -0.2) is 42.0 Å². The molecular weight excluding hydrogens is 342 g/mol. The van der Waals surface area contributed by atoms with Gasteiger partial charge in [0.05, 0.1) is 12.0 Å². The number of likely N-dealkylation sites (tertiary alicyclic amines) is 1. The minimum Gasteiger partial charge on any atom is -0.548 e. The minimum atomic E-state index is -3.26. The molecule has 0 aromatic heterocycles. The van der Waals surface area contributed by atoms with Gasteiger partial charge in [-0.1, -0.05) is 30.3 Å². The van der Waals surface area contributed by atoms with Crippen LogP contribution in [0.3, 0.4) is 0 Å². The molecule has 2 aliphatic rings. The number of nitrogens with one attached hydrogen (secondary N) is 1. The van der Waals surface area contributed by atoms with Crippen LogP contribution in [0.4, 0.5) is 13.6 Å². The third kappa shape index (κ3) is 4.71. The summed E-state index contributed by atoms with van der Waals surface area (Å²) in [6, 6.07) is 5.79. The minimum absolute atomic E-state index is 0.368. The van der Waals surface area contributed by atoms with E-state index in [-0.39, 0.29) is 0 Å². The van der Waals surface area contributed by atoms with Crippen molar-refractivity contribution in [1.82, 2.24) is 10.2 Å². The highest BCUT2D eigenvalue weighted by atomic mass is 19.3. The third-order valence-corrected chi connectivity index (χ3v) is 5.46. The Morgan fingerprint density at radius 1 is 1.15 bits per heavy atom. The van der Waals surface area contributed by atoms with Gasteiger partial charge in [0.15, 0.2) is 0 Å². The van der Waals surface area contributed by atoms with Gasteiger partial charge in [0.1, 0.15) is 0 Å². The smallest absolute Gasteiger partial charge is 0.317 e. The molecule has 1 aromatic carbocycles. The average Bonchev–Trinajstić information content (AvgIpc) is 3.34. The maximum absolute atomic E-state index is 14.3. The molecule has 2 fully saturated rings. The van der Waals surface area contributed by atoms with Gasteiger partial charge in [0, 0.05) is 25.9 Å². The number of hydrogen-bond acceptors (Lipinski definition) is 3. The SMILES string of the molecule is O=C([O-])[C@H](CC(F)(F)Cc1ccccc1)NC(=O)N1CCC2(CC1)CC2. The fourth-order valence-electron chi connectivity index (χ4n) is 3.56. The molecule has 1 spiro atoms. The molecule has 1 aromatic rings. The predicted molar refractivity (Wildman–Crippen MR) is 89.5 cm³/mol. The molecule has 3 rings (SSSR count). The van der Waals surface area contributed by atoms with E-state index in [1.807, 2.05) is 0 Å². The van der Waals surface area contributed by atoms with E-state index in [1.54, 1.807) is 30.3 Å². The first-order chi connectivity index (χ1) is 12.3. The summed E-state index contributed by atoms with van der Waals surface area (Å²) in [5, 5.41) is 13.5. The number of amides is 2. The molecule has 1 saturated carbocycles. The quantitative estimate of drug-likeness (QED) is 0.838. The summed E-state index contributed by atoms with van der Waals surface area (Å²) in [4.78, 5) is 25.1. The highest BCUT2D eigenvalue weighted by Gasteiger charge is 2.45. The maximum atomic E-state index is 14.3. The van der Waals surface area contributed by atoms with Crippen LogP contribution < -0.4 is 10.4 Å². The predicted octanol–water partition coefficient (Wildman–Crippen LogP) is 1.96. The topological polar surface area (TPSA) is 72.5 Å². The lowest BCUT2D eigenvalue weighted by Gasteiger charge is -2.34. The van der Waals surface area contributed by atoms with E-state index in [9.17, 15) is 23.5 Å². The second-order valence-electron chi connectivity index (χ2n) is 7.53. The Balaban J connectivity index is 1.56. The van der Waals surface area contributed by atoms with Crippen molar-refractivity contribution in [2.45, 2.75) is 50.5 Å². The van der Waals surface area contributed by atoms with Crippen molar-refractivity contribution in [3.63, 3.8) is 0 Å². The molecule has 1 saturated heterocycles. The second kappa shape index (κ2) is 7.21. The number of nitrogens with zero attached hydrogens (tertiary/aromatic N) is 1. The number of carbonyl (C=O) groups excluding carboxylic acids is 2. The monoisotopic (exact) mass is 365 g/mol. The van der Waals surface area contributed by atoms with E-state index in [0.717, 1.165) is 12.8 Å². The largest absolute Gasteiger partial charge is 0.548 e. The number of carbonyl (C=O) groups is 2. The normalized spacial score (nSPS) is 19.8. The zero-order valence-electron chi connectivity index (χ0n) is 14.5. The Morgan fingerprint density at radius 3 is 2.31 bits per heavy atom. The first kappa shape index (κ1) is 18.6. The number of carboxylic acids is 1. The Kier molecular flexibility index (Phi) is 5.16. The lowest BCUT2D eigenvalue weighted by Crippen LogP contribution is -2.55. The summed E-state index contributed by atoms with van der Waals surface area (Å²) in [5.41, 5.74) is 0.777. The molecule has 7 heteroatoms. The Labute approximate surface area is 151 Å².